The molecule has 0 saturated heterocycles. The average Bonchev–Trinajstić information content (AvgIpc) is 2.82. The van der Waals surface area contributed by atoms with Crippen LogP contribution in [0.5, 0.6) is 5.75 Å². The van der Waals surface area contributed by atoms with Gasteiger partial charge >= 0.3 is 0 Å². The van der Waals surface area contributed by atoms with Gasteiger partial charge in [0.1, 0.15) is 11.9 Å². The Labute approximate surface area is 111 Å². The second-order valence-corrected chi connectivity index (χ2v) is 4.71. The van der Waals surface area contributed by atoms with E-state index in [1.165, 1.54) is 5.56 Å². The number of nitrogens with two attached hydrogens (primary N) is 1. The zero-order valence-corrected chi connectivity index (χ0v) is 10.5. The number of rotatable bonds is 2. The Bertz CT molecular complexity index is 586. The highest BCUT2D eigenvalue weighted by Crippen LogP contribution is 2.39. The third-order valence-corrected chi connectivity index (χ3v) is 3.41. The van der Waals surface area contributed by atoms with Crippen LogP contribution in [-0.4, -0.2) is 17.6 Å². The summed E-state index contributed by atoms with van der Waals surface area (Å²) < 4.78 is 5.87. The number of pyridine rings is 1. The molecular formula is C14H13ClN2O. The number of hydrogen-bond donors (Lipinski definition) is 1. The fraction of sp³-hybridized carbons (Fsp3) is 0.214. The minimum atomic E-state index is 0.0589. The van der Waals surface area contributed by atoms with E-state index in [2.05, 4.69) is 11.1 Å². The van der Waals surface area contributed by atoms with Crippen molar-refractivity contribution in [2.45, 2.75) is 12.5 Å². The minimum absolute atomic E-state index is 0.0589. The van der Waals surface area contributed by atoms with Gasteiger partial charge in [-0.05, 0) is 23.8 Å². The lowest BCUT2D eigenvalue weighted by molar-refractivity contribution is 0.242. The number of ether oxygens (including phenoxy) is 1. The topological polar surface area (TPSA) is 48.1 Å². The molecule has 1 atom stereocenters. The van der Waals surface area contributed by atoms with Crippen LogP contribution in [0.3, 0.4) is 0 Å². The van der Waals surface area contributed by atoms with Crippen LogP contribution >= 0.6 is 11.6 Å². The summed E-state index contributed by atoms with van der Waals surface area (Å²) in [7, 11) is 0. The molecule has 92 valence electrons. The summed E-state index contributed by atoms with van der Waals surface area (Å²) in [6.07, 6.45) is 2.64. The highest BCUT2D eigenvalue weighted by Gasteiger charge is 2.25. The summed E-state index contributed by atoms with van der Waals surface area (Å²) in [5, 5.41) is 0.630. The SMILES string of the molecule is NC[C@@H]1Cc2cccc(-c3ncccc3Cl)c2O1. The molecule has 2 N–H and O–H groups in total. The first kappa shape index (κ1) is 11.5. The van der Waals surface area contributed by atoms with Gasteiger partial charge in [-0.3, -0.25) is 4.98 Å². The fourth-order valence-electron chi connectivity index (χ4n) is 2.24. The predicted molar refractivity (Wildman–Crippen MR) is 71.9 cm³/mol. The quantitative estimate of drug-likeness (QED) is 0.903. The molecule has 0 saturated carbocycles. The van der Waals surface area contributed by atoms with Crippen LogP contribution in [0.25, 0.3) is 11.3 Å². The van der Waals surface area contributed by atoms with Crippen molar-refractivity contribution in [1.29, 1.82) is 0 Å². The summed E-state index contributed by atoms with van der Waals surface area (Å²) >= 11 is 6.19. The summed E-state index contributed by atoms with van der Waals surface area (Å²) in [6, 6.07) is 9.69. The number of para-hydroxylation sites is 1. The molecule has 1 aromatic heterocycles. The van der Waals surface area contributed by atoms with Crippen molar-refractivity contribution in [2.24, 2.45) is 5.73 Å². The molecule has 0 aliphatic carbocycles. The van der Waals surface area contributed by atoms with Gasteiger partial charge in [-0.1, -0.05) is 23.7 Å². The molecule has 3 nitrogen and oxygen atoms in total. The van der Waals surface area contributed by atoms with E-state index in [0.717, 1.165) is 23.4 Å². The van der Waals surface area contributed by atoms with Gasteiger partial charge in [-0.2, -0.15) is 0 Å². The molecule has 0 fully saturated rings. The van der Waals surface area contributed by atoms with Crippen LogP contribution in [0.1, 0.15) is 5.56 Å². The van der Waals surface area contributed by atoms with E-state index >= 15 is 0 Å². The van der Waals surface area contributed by atoms with E-state index in [1.54, 1.807) is 6.20 Å². The zero-order valence-electron chi connectivity index (χ0n) is 9.77. The molecule has 2 aromatic rings. The van der Waals surface area contributed by atoms with Crippen molar-refractivity contribution in [3.63, 3.8) is 0 Å². The average molecular weight is 261 g/mol. The van der Waals surface area contributed by atoms with Crippen LogP contribution in [0, 0.1) is 0 Å². The zero-order chi connectivity index (χ0) is 12.5. The van der Waals surface area contributed by atoms with Crippen LogP contribution in [-0.2, 0) is 6.42 Å². The number of aromatic nitrogens is 1. The van der Waals surface area contributed by atoms with Gasteiger partial charge in [0, 0.05) is 24.7 Å². The number of halogens is 1. The molecular weight excluding hydrogens is 248 g/mol. The summed E-state index contributed by atoms with van der Waals surface area (Å²) in [4.78, 5) is 4.33. The van der Waals surface area contributed by atoms with Gasteiger partial charge in [0.05, 0.1) is 10.7 Å². The number of benzene rings is 1. The molecule has 1 aromatic carbocycles. The van der Waals surface area contributed by atoms with Crippen LogP contribution in [0.2, 0.25) is 5.02 Å². The molecule has 2 heterocycles. The Balaban J connectivity index is 2.11. The standard InChI is InChI=1S/C14H13ClN2O/c15-12-5-2-6-17-13(12)11-4-1-3-9-7-10(8-16)18-14(9)11/h1-6,10H,7-8,16H2/t10-/m0/s1. The lowest BCUT2D eigenvalue weighted by atomic mass is 10.0. The van der Waals surface area contributed by atoms with E-state index in [9.17, 15) is 0 Å². The molecule has 0 spiro atoms. The third-order valence-electron chi connectivity index (χ3n) is 3.11. The molecule has 0 unspecified atom stereocenters. The lowest BCUT2D eigenvalue weighted by Gasteiger charge is -2.11. The second-order valence-electron chi connectivity index (χ2n) is 4.31. The Morgan fingerprint density at radius 2 is 2.22 bits per heavy atom. The highest BCUT2D eigenvalue weighted by atomic mass is 35.5. The van der Waals surface area contributed by atoms with E-state index < -0.39 is 0 Å². The van der Waals surface area contributed by atoms with Gasteiger partial charge in [-0.25, -0.2) is 0 Å². The van der Waals surface area contributed by atoms with E-state index in [4.69, 9.17) is 22.1 Å². The third kappa shape index (κ3) is 1.85. The molecule has 0 amide bonds. The van der Waals surface area contributed by atoms with Crippen molar-refractivity contribution in [2.75, 3.05) is 6.54 Å². The van der Waals surface area contributed by atoms with Crippen molar-refractivity contribution < 1.29 is 4.74 Å². The van der Waals surface area contributed by atoms with Crippen LogP contribution in [0.15, 0.2) is 36.5 Å². The maximum atomic E-state index is 6.19. The second kappa shape index (κ2) is 4.59. The van der Waals surface area contributed by atoms with Crippen molar-refractivity contribution in [1.82, 2.24) is 4.98 Å². The molecule has 0 bridgehead atoms. The maximum Gasteiger partial charge on any atom is 0.132 e. The number of hydrogen-bond acceptors (Lipinski definition) is 3. The van der Waals surface area contributed by atoms with Crippen molar-refractivity contribution in [3.8, 4) is 17.0 Å². The maximum absolute atomic E-state index is 6.19. The molecule has 0 radical (unpaired) electrons. The fourth-order valence-corrected chi connectivity index (χ4v) is 2.46. The van der Waals surface area contributed by atoms with Gasteiger partial charge in [0.25, 0.3) is 0 Å². The van der Waals surface area contributed by atoms with Gasteiger partial charge in [0.2, 0.25) is 0 Å². The molecule has 3 rings (SSSR count). The first-order valence-electron chi connectivity index (χ1n) is 5.89. The van der Waals surface area contributed by atoms with E-state index in [1.807, 2.05) is 24.3 Å². The Hall–Kier alpha value is -1.58. The first-order chi connectivity index (χ1) is 8.79. The Kier molecular flexibility index (Phi) is 2.94. The van der Waals surface area contributed by atoms with E-state index in [0.29, 0.717) is 11.6 Å². The van der Waals surface area contributed by atoms with Crippen molar-refractivity contribution in [3.05, 3.63) is 47.1 Å². The normalized spacial score (nSPS) is 17.3. The minimum Gasteiger partial charge on any atom is -0.488 e. The number of nitrogens with zero attached hydrogens (tertiary/aromatic N) is 1. The Morgan fingerprint density at radius 3 is 3.00 bits per heavy atom. The molecule has 1 aliphatic rings. The molecule has 1 aliphatic heterocycles. The largest absolute Gasteiger partial charge is 0.488 e. The smallest absolute Gasteiger partial charge is 0.132 e. The lowest BCUT2D eigenvalue weighted by Crippen LogP contribution is -2.24. The monoisotopic (exact) mass is 260 g/mol. The van der Waals surface area contributed by atoms with Gasteiger partial charge < -0.3 is 10.5 Å². The van der Waals surface area contributed by atoms with E-state index in [-0.39, 0.29) is 6.10 Å². The van der Waals surface area contributed by atoms with Gasteiger partial charge in [-0.15, -0.1) is 0 Å². The molecule has 4 heteroatoms. The van der Waals surface area contributed by atoms with Crippen LogP contribution < -0.4 is 10.5 Å². The molecule has 18 heavy (non-hydrogen) atoms. The Morgan fingerprint density at radius 1 is 1.33 bits per heavy atom. The van der Waals surface area contributed by atoms with Gasteiger partial charge in [0.15, 0.2) is 0 Å². The number of fused-ring (bicyclic) bond motifs is 1. The van der Waals surface area contributed by atoms with Crippen LogP contribution in [0.4, 0.5) is 0 Å². The summed E-state index contributed by atoms with van der Waals surface area (Å²) in [5.41, 5.74) is 8.53. The predicted octanol–water partition coefficient (Wildman–Crippen LogP) is 2.66. The highest BCUT2D eigenvalue weighted by molar-refractivity contribution is 6.33. The van der Waals surface area contributed by atoms with Crippen molar-refractivity contribution >= 4 is 11.6 Å². The summed E-state index contributed by atoms with van der Waals surface area (Å²) in [5.74, 6) is 0.869. The first-order valence-corrected chi connectivity index (χ1v) is 6.27. The summed E-state index contributed by atoms with van der Waals surface area (Å²) in [6.45, 7) is 0.518.